The molecule has 5 nitrogen and oxygen atoms in total. The zero-order valence-electron chi connectivity index (χ0n) is 14.4. The highest BCUT2D eigenvalue weighted by atomic mass is 16.3. The largest absolute Gasteiger partial charge is 0.394 e. The first-order valence-electron chi connectivity index (χ1n) is 7.94. The number of hydrogen-bond donors (Lipinski definition) is 1. The van der Waals surface area contributed by atoms with E-state index in [9.17, 15) is 10.5 Å². The molecule has 0 aromatic heterocycles. The van der Waals surface area contributed by atoms with E-state index in [-0.39, 0.29) is 12.2 Å². The van der Waals surface area contributed by atoms with Gasteiger partial charge in [0.15, 0.2) is 0 Å². The van der Waals surface area contributed by atoms with Crippen LogP contribution in [-0.2, 0) is 0 Å². The van der Waals surface area contributed by atoms with Crippen molar-refractivity contribution in [1.29, 1.82) is 10.5 Å². The number of hydrogen-bond acceptors (Lipinski definition) is 5. The molecule has 0 radical (unpaired) electrons. The summed E-state index contributed by atoms with van der Waals surface area (Å²) in [7, 11) is 3.99. The van der Waals surface area contributed by atoms with Crippen LogP contribution in [0.25, 0.3) is 16.3 Å². The molecular weight excluding hydrogens is 312 g/mol. The van der Waals surface area contributed by atoms with Crippen molar-refractivity contribution in [2.75, 3.05) is 32.1 Å². The second-order valence-corrected chi connectivity index (χ2v) is 5.73. The Balaban J connectivity index is 2.47. The molecule has 0 saturated carbocycles. The number of nitrogens with zero attached hydrogens (tertiary/aromatic N) is 4. The first-order chi connectivity index (χ1) is 12.1. The summed E-state index contributed by atoms with van der Waals surface area (Å²) in [6.07, 6.45) is 2.01. The minimum absolute atomic E-state index is 0.0247. The van der Waals surface area contributed by atoms with Gasteiger partial charge in [0.1, 0.15) is 17.7 Å². The van der Waals surface area contributed by atoms with E-state index in [1.807, 2.05) is 61.5 Å². The van der Waals surface area contributed by atoms with Gasteiger partial charge in [0.2, 0.25) is 0 Å². The van der Waals surface area contributed by atoms with E-state index < -0.39 is 0 Å². The molecule has 2 rings (SSSR count). The summed E-state index contributed by atoms with van der Waals surface area (Å²) in [5.41, 5.74) is 2.67. The fourth-order valence-electron chi connectivity index (χ4n) is 2.53. The Morgan fingerprint density at radius 1 is 1.12 bits per heavy atom. The molecule has 0 fully saturated rings. The molecule has 0 aliphatic rings. The maximum absolute atomic E-state index is 9.25. The highest BCUT2D eigenvalue weighted by Crippen LogP contribution is 2.27. The molecule has 0 heterocycles. The number of nitriles is 2. The van der Waals surface area contributed by atoms with E-state index >= 15 is 0 Å². The minimum atomic E-state index is -0.0247. The van der Waals surface area contributed by atoms with Crippen molar-refractivity contribution >= 4 is 28.2 Å². The summed E-state index contributed by atoms with van der Waals surface area (Å²) in [5.74, 6) is 0. The lowest BCUT2D eigenvalue weighted by Gasteiger charge is -2.14. The van der Waals surface area contributed by atoms with Crippen molar-refractivity contribution in [3.8, 4) is 12.1 Å². The molecule has 0 unspecified atom stereocenters. The van der Waals surface area contributed by atoms with E-state index in [0.29, 0.717) is 18.5 Å². The van der Waals surface area contributed by atoms with Crippen molar-refractivity contribution in [1.82, 2.24) is 0 Å². The second kappa shape index (κ2) is 8.63. The highest BCUT2D eigenvalue weighted by molar-refractivity contribution is 5.92. The molecule has 2 aromatic rings. The molecular formula is C20H20N4O. The van der Waals surface area contributed by atoms with Crippen LogP contribution < -0.4 is 4.90 Å². The quantitative estimate of drug-likeness (QED) is 0.650. The number of aliphatic hydroxyl groups is 1. The van der Waals surface area contributed by atoms with Crippen LogP contribution in [0.2, 0.25) is 0 Å². The predicted octanol–water partition coefficient (Wildman–Crippen LogP) is 3.16. The Kier molecular flexibility index (Phi) is 6.28. The first kappa shape index (κ1) is 18.2. The lowest BCUT2D eigenvalue weighted by molar-refractivity contribution is 0.307. The van der Waals surface area contributed by atoms with Gasteiger partial charge in [-0.1, -0.05) is 18.2 Å². The van der Waals surface area contributed by atoms with Crippen LogP contribution in [0.1, 0.15) is 12.0 Å². The molecule has 0 aliphatic heterocycles. The second-order valence-electron chi connectivity index (χ2n) is 5.73. The zero-order chi connectivity index (χ0) is 18.2. The predicted molar refractivity (Wildman–Crippen MR) is 101 cm³/mol. The molecule has 25 heavy (non-hydrogen) atoms. The number of aliphatic hydroxyl groups excluding tert-OH is 1. The lowest BCUT2D eigenvalue weighted by atomic mass is 9.95. The van der Waals surface area contributed by atoms with E-state index in [0.717, 1.165) is 22.0 Å². The van der Waals surface area contributed by atoms with E-state index in [1.54, 1.807) is 6.21 Å². The highest BCUT2D eigenvalue weighted by Gasteiger charge is 2.09. The standard InChI is InChI=1S/C20H20N4O/c1-24(2)19-6-5-15-11-17(4-3-16(15)12-19)20(18(13-21)14-22)7-8-23-9-10-25/h3-6,8,11-12,25H,7,9-10H2,1-2H3. The van der Waals surface area contributed by atoms with Crippen LogP contribution in [-0.4, -0.2) is 38.6 Å². The van der Waals surface area contributed by atoms with Gasteiger partial charge in [-0.15, -0.1) is 0 Å². The molecule has 0 amide bonds. The monoisotopic (exact) mass is 332 g/mol. The summed E-state index contributed by atoms with van der Waals surface area (Å²) in [4.78, 5) is 6.11. The Bertz CT molecular complexity index is 882. The molecule has 0 spiro atoms. The van der Waals surface area contributed by atoms with Gasteiger partial charge in [-0.25, -0.2) is 0 Å². The molecule has 2 aromatic carbocycles. The number of allylic oxidation sites excluding steroid dienone is 2. The Morgan fingerprint density at radius 2 is 1.80 bits per heavy atom. The van der Waals surface area contributed by atoms with Crippen LogP contribution in [0, 0.1) is 22.7 Å². The SMILES string of the molecule is CN(C)c1ccc2cc(C(CC=NCCO)=C(C#N)C#N)ccc2c1. The van der Waals surface area contributed by atoms with Crippen molar-refractivity contribution in [2.24, 2.45) is 4.99 Å². The topological polar surface area (TPSA) is 83.4 Å². The number of anilines is 1. The van der Waals surface area contributed by atoms with Crippen molar-refractivity contribution in [3.63, 3.8) is 0 Å². The number of aliphatic imine (C=N–C) groups is 1. The molecule has 0 atom stereocenters. The van der Waals surface area contributed by atoms with E-state index in [4.69, 9.17) is 5.11 Å². The molecule has 1 N–H and O–H groups in total. The van der Waals surface area contributed by atoms with Crippen LogP contribution in [0.4, 0.5) is 5.69 Å². The van der Waals surface area contributed by atoms with Crippen LogP contribution in [0.15, 0.2) is 47.0 Å². The van der Waals surface area contributed by atoms with Gasteiger partial charge >= 0.3 is 0 Å². The third-order valence-corrected chi connectivity index (χ3v) is 3.87. The molecule has 5 heteroatoms. The smallest absolute Gasteiger partial charge is 0.133 e. The maximum atomic E-state index is 9.25. The van der Waals surface area contributed by atoms with Gasteiger partial charge in [-0.05, 0) is 40.1 Å². The van der Waals surface area contributed by atoms with E-state index in [2.05, 4.69) is 11.1 Å². The third-order valence-electron chi connectivity index (χ3n) is 3.87. The van der Waals surface area contributed by atoms with Crippen molar-refractivity contribution in [3.05, 3.63) is 47.5 Å². The minimum Gasteiger partial charge on any atom is -0.394 e. The summed E-state index contributed by atoms with van der Waals surface area (Å²) in [5, 5.41) is 29.4. The average molecular weight is 332 g/mol. The number of benzene rings is 2. The summed E-state index contributed by atoms with van der Waals surface area (Å²) in [6, 6.07) is 16.0. The van der Waals surface area contributed by atoms with Gasteiger partial charge in [0, 0.05) is 32.4 Å². The zero-order valence-corrected chi connectivity index (χ0v) is 14.4. The first-order valence-corrected chi connectivity index (χ1v) is 7.94. The summed E-state index contributed by atoms with van der Waals surface area (Å²) >= 11 is 0. The van der Waals surface area contributed by atoms with Crippen LogP contribution in [0.3, 0.4) is 0 Å². The fraction of sp³-hybridized carbons (Fsp3) is 0.250. The number of rotatable bonds is 6. The fourth-order valence-corrected chi connectivity index (χ4v) is 2.53. The third kappa shape index (κ3) is 4.44. The number of fused-ring (bicyclic) bond motifs is 1. The molecule has 0 saturated heterocycles. The van der Waals surface area contributed by atoms with Gasteiger partial charge in [0.05, 0.1) is 13.2 Å². The lowest BCUT2D eigenvalue weighted by Crippen LogP contribution is -2.08. The van der Waals surface area contributed by atoms with Gasteiger partial charge < -0.3 is 10.0 Å². The Morgan fingerprint density at radius 3 is 2.44 bits per heavy atom. The Hall–Kier alpha value is -3.15. The van der Waals surface area contributed by atoms with Gasteiger partial charge in [-0.3, -0.25) is 4.99 Å². The van der Waals surface area contributed by atoms with Crippen molar-refractivity contribution < 1.29 is 5.11 Å². The van der Waals surface area contributed by atoms with Crippen LogP contribution >= 0.6 is 0 Å². The summed E-state index contributed by atoms with van der Waals surface area (Å²) in [6.45, 7) is 0.288. The normalized spacial score (nSPS) is 10.4. The average Bonchev–Trinajstić information content (AvgIpc) is 2.63. The molecule has 126 valence electrons. The van der Waals surface area contributed by atoms with Gasteiger partial charge in [0.25, 0.3) is 0 Å². The van der Waals surface area contributed by atoms with E-state index in [1.165, 1.54) is 0 Å². The maximum Gasteiger partial charge on any atom is 0.133 e. The summed E-state index contributed by atoms with van der Waals surface area (Å²) < 4.78 is 0. The van der Waals surface area contributed by atoms with Gasteiger partial charge in [-0.2, -0.15) is 10.5 Å². The Labute approximate surface area is 147 Å². The molecule has 0 bridgehead atoms. The van der Waals surface area contributed by atoms with Crippen molar-refractivity contribution in [2.45, 2.75) is 6.42 Å². The molecule has 0 aliphatic carbocycles. The van der Waals surface area contributed by atoms with Crippen LogP contribution in [0.5, 0.6) is 0 Å².